The summed E-state index contributed by atoms with van der Waals surface area (Å²) in [6, 6.07) is 9.81. The predicted octanol–water partition coefficient (Wildman–Crippen LogP) is 3.30. The van der Waals surface area contributed by atoms with Gasteiger partial charge in [-0.25, -0.2) is 9.78 Å². The van der Waals surface area contributed by atoms with Crippen LogP contribution < -0.4 is 10.1 Å². The zero-order valence-corrected chi connectivity index (χ0v) is 19.5. The molecule has 1 atom stereocenters. The molecule has 2 aromatic rings. The van der Waals surface area contributed by atoms with E-state index in [1.807, 2.05) is 23.1 Å². The summed E-state index contributed by atoms with van der Waals surface area (Å²) in [5, 5.41) is 13.3. The number of nitrogens with one attached hydrogen (secondary N) is 1. The Hall–Kier alpha value is -3.29. The highest BCUT2D eigenvalue weighted by Gasteiger charge is 2.31. The number of hydrogen-bond donors (Lipinski definition) is 2. The number of ether oxygens (including phenoxy) is 1. The Kier molecular flexibility index (Phi) is 6.56. The maximum atomic E-state index is 13.1. The van der Waals surface area contributed by atoms with E-state index in [1.165, 1.54) is 5.56 Å². The van der Waals surface area contributed by atoms with Gasteiger partial charge >= 0.3 is 12.0 Å². The molecule has 0 aliphatic carbocycles. The Balaban J connectivity index is 1.18. The second kappa shape index (κ2) is 9.91. The fraction of sp³-hybridized carbons (Fsp3) is 0.500. The third kappa shape index (κ3) is 4.81. The summed E-state index contributed by atoms with van der Waals surface area (Å²) < 4.78 is 5.62. The summed E-state index contributed by atoms with van der Waals surface area (Å²) in [6.45, 7) is 3.70. The van der Waals surface area contributed by atoms with Gasteiger partial charge in [-0.1, -0.05) is 18.2 Å². The fourth-order valence-corrected chi connectivity index (χ4v) is 5.13. The number of nitrogens with zero attached hydrogens (tertiary/aromatic N) is 3. The lowest BCUT2D eigenvalue weighted by atomic mass is 9.96. The van der Waals surface area contributed by atoms with Crippen LogP contribution in [0.15, 0.2) is 30.3 Å². The molecule has 0 spiro atoms. The molecule has 0 bridgehead atoms. The average Bonchev–Trinajstić information content (AvgIpc) is 3.32. The molecule has 3 aliphatic heterocycles. The van der Waals surface area contributed by atoms with E-state index in [9.17, 15) is 14.7 Å². The van der Waals surface area contributed by atoms with Crippen LogP contribution in [0.2, 0.25) is 0 Å². The molecule has 2 amide bonds. The quantitative estimate of drug-likeness (QED) is 0.623. The third-order valence-electron chi connectivity index (χ3n) is 7.03. The minimum Gasteiger partial charge on any atom is -0.493 e. The summed E-state index contributed by atoms with van der Waals surface area (Å²) in [5.41, 5.74) is 4.11. The van der Waals surface area contributed by atoms with Gasteiger partial charge in [-0.3, -0.25) is 4.79 Å². The van der Waals surface area contributed by atoms with E-state index < -0.39 is 11.9 Å². The van der Waals surface area contributed by atoms with Crippen LogP contribution in [0.4, 0.5) is 10.6 Å². The smallest absolute Gasteiger partial charge is 0.320 e. The first-order valence-electron chi connectivity index (χ1n) is 12.3. The molecular weight excluding hydrogens is 432 g/mol. The van der Waals surface area contributed by atoms with Crippen LogP contribution in [-0.4, -0.2) is 71.2 Å². The lowest BCUT2D eigenvalue weighted by molar-refractivity contribution is -0.139. The van der Waals surface area contributed by atoms with Gasteiger partial charge in [-0.15, -0.1) is 0 Å². The molecule has 4 heterocycles. The normalized spacial score (nSPS) is 18.1. The predicted molar refractivity (Wildman–Crippen MR) is 129 cm³/mol. The van der Waals surface area contributed by atoms with Crippen LogP contribution in [0.1, 0.15) is 47.6 Å². The highest BCUT2D eigenvalue weighted by atomic mass is 16.5. The van der Waals surface area contributed by atoms with E-state index in [4.69, 9.17) is 9.72 Å². The van der Waals surface area contributed by atoms with E-state index in [-0.39, 0.29) is 12.6 Å². The van der Waals surface area contributed by atoms with Gasteiger partial charge in [0.1, 0.15) is 11.6 Å². The van der Waals surface area contributed by atoms with E-state index in [1.54, 1.807) is 4.90 Å². The third-order valence-corrected chi connectivity index (χ3v) is 7.03. The summed E-state index contributed by atoms with van der Waals surface area (Å²) in [6.07, 6.45) is 5.55. The Morgan fingerprint density at radius 2 is 1.97 bits per heavy atom. The van der Waals surface area contributed by atoms with Crippen molar-refractivity contribution in [3.8, 4) is 5.75 Å². The van der Waals surface area contributed by atoms with Crippen molar-refractivity contribution in [3.05, 3.63) is 52.7 Å². The van der Waals surface area contributed by atoms with Crippen molar-refractivity contribution in [1.82, 2.24) is 14.8 Å². The SMILES string of the molecule is O=C(O)[C@H](CN1CCCN(CCCc2ccc3c(n2)NCCC3)C1=O)c1ccc2c(c1)OCC2. The van der Waals surface area contributed by atoms with E-state index >= 15 is 0 Å². The number of carbonyl (C=O) groups is 2. The van der Waals surface area contributed by atoms with Gasteiger partial charge in [-0.2, -0.15) is 0 Å². The maximum Gasteiger partial charge on any atom is 0.320 e. The molecule has 8 nitrogen and oxygen atoms in total. The van der Waals surface area contributed by atoms with Crippen LogP contribution in [-0.2, 0) is 24.1 Å². The number of anilines is 1. The van der Waals surface area contributed by atoms with Gasteiger partial charge in [0.2, 0.25) is 0 Å². The number of benzene rings is 1. The number of aromatic nitrogens is 1. The van der Waals surface area contributed by atoms with Crippen molar-refractivity contribution in [2.45, 2.75) is 44.4 Å². The molecule has 0 radical (unpaired) electrons. The van der Waals surface area contributed by atoms with Gasteiger partial charge in [-0.05, 0) is 60.9 Å². The van der Waals surface area contributed by atoms with Crippen molar-refractivity contribution in [2.24, 2.45) is 0 Å². The molecule has 1 aromatic carbocycles. The first kappa shape index (κ1) is 22.5. The molecule has 2 N–H and O–H groups in total. The topological polar surface area (TPSA) is 95.0 Å². The average molecular weight is 465 g/mol. The zero-order valence-electron chi connectivity index (χ0n) is 19.5. The Bertz CT molecular complexity index is 1070. The Morgan fingerprint density at radius 3 is 2.85 bits per heavy atom. The summed E-state index contributed by atoms with van der Waals surface area (Å²) in [5.74, 6) is 0.0718. The standard InChI is InChI=1S/C26H32N4O4/c31-25(32)22(20-7-6-18-10-15-34-23(18)16-20)17-30-14-3-13-29(26(30)33)12-2-5-21-9-8-19-4-1-11-27-24(19)28-21/h6-9,16,22H,1-5,10-15,17H2,(H,27,28)(H,31,32)/t22-/m1/s1. The van der Waals surface area contributed by atoms with Crippen LogP contribution in [0.25, 0.3) is 0 Å². The Labute approximate surface area is 199 Å². The van der Waals surface area contributed by atoms with Crippen molar-refractivity contribution in [3.63, 3.8) is 0 Å². The van der Waals surface area contributed by atoms with Crippen LogP contribution in [0.5, 0.6) is 5.75 Å². The van der Waals surface area contributed by atoms with Crippen LogP contribution in [0, 0.1) is 0 Å². The molecule has 8 heteroatoms. The number of aryl methyl sites for hydroxylation is 2. The molecule has 1 fully saturated rings. The molecule has 0 saturated carbocycles. The largest absolute Gasteiger partial charge is 0.493 e. The highest BCUT2D eigenvalue weighted by molar-refractivity contribution is 5.79. The van der Waals surface area contributed by atoms with Gasteiger partial charge < -0.3 is 25.0 Å². The molecule has 1 saturated heterocycles. The van der Waals surface area contributed by atoms with Crippen LogP contribution >= 0.6 is 0 Å². The van der Waals surface area contributed by atoms with E-state index in [0.29, 0.717) is 31.8 Å². The van der Waals surface area contributed by atoms with Crippen molar-refractivity contribution >= 4 is 17.8 Å². The molecule has 1 aromatic heterocycles. The van der Waals surface area contributed by atoms with Crippen molar-refractivity contribution in [1.29, 1.82) is 0 Å². The second-order valence-corrected chi connectivity index (χ2v) is 9.37. The van der Waals surface area contributed by atoms with Crippen molar-refractivity contribution in [2.75, 3.05) is 44.6 Å². The minimum absolute atomic E-state index is 0.0741. The summed E-state index contributed by atoms with van der Waals surface area (Å²) in [4.78, 5) is 33.5. The molecule has 5 rings (SSSR count). The molecular formula is C26H32N4O4. The van der Waals surface area contributed by atoms with Crippen LogP contribution in [0.3, 0.4) is 0 Å². The van der Waals surface area contributed by atoms with Gasteiger partial charge in [0.05, 0.1) is 12.5 Å². The molecule has 34 heavy (non-hydrogen) atoms. The number of pyridine rings is 1. The second-order valence-electron chi connectivity index (χ2n) is 9.37. The highest BCUT2D eigenvalue weighted by Crippen LogP contribution is 2.30. The number of carboxylic acids is 1. The van der Waals surface area contributed by atoms with E-state index in [2.05, 4.69) is 17.4 Å². The van der Waals surface area contributed by atoms with Crippen molar-refractivity contribution < 1.29 is 19.4 Å². The number of amides is 2. The van der Waals surface area contributed by atoms with Gasteiger partial charge in [0.15, 0.2) is 0 Å². The lowest BCUT2D eigenvalue weighted by Gasteiger charge is -2.37. The maximum absolute atomic E-state index is 13.1. The first-order valence-corrected chi connectivity index (χ1v) is 12.3. The fourth-order valence-electron chi connectivity index (χ4n) is 5.13. The zero-order chi connectivity index (χ0) is 23.5. The lowest BCUT2D eigenvalue weighted by Crippen LogP contribution is -2.51. The number of rotatable bonds is 8. The number of hydrogen-bond acceptors (Lipinski definition) is 5. The number of carboxylic acid groups (broad SMARTS) is 1. The number of fused-ring (bicyclic) bond motifs is 2. The van der Waals surface area contributed by atoms with Gasteiger partial charge in [0.25, 0.3) is 0 Å². The monoisotopic (exact) mass is 464 g/mol. The summed E-state index contributed by atoms with van der Waals surface area (Å²) in [7, 11) is 0. The Morgan fingerprint density at radius 1 is 1.12 bits per heavy atom. The summed E-state index contributed by atoms with van der Waals surface area (Å²) >= 11 is 0. The van der Waals surface area contributed by atoms with Gasteiger partial charge in [0, 0.05) is 44.8 Å². The molecule has 0 unspecified atom stereocenters. The number of carbonyl (C=O) groups excluding carboxylic acids is 1. The number of aliphatic carboxylic acids is 1. The van der Waals surface area contributed by atoms with E-state index in [0.717, 1.165) is 67.9 Å². The first-order chi connectivity index (χ1) is 16.6. The molecule has 3 aliphatic rings. The molecule has 180 valence electrons. The minimum atomic E-state index is -0.921. The number of urea groups is 1.